The highest BCUT2D eigenvalue weighted by Gasteiger charge is 2.34. The maximum atomic E-state index is 11.0. The first-order chi connectivity index (χ1) is 15.1. The molecule has 2 aromatic carbocycles. The minimum atomic E-state index is 0.0651. The lowest BCUT2D eigenvalue weighted by molar-refractivity contribution is -0.914. The summed E-state index contributed by atoms with van der Waals surface area (Å²) in [6.45, 7) is 1.26. The second-order valence-corrected chi connectivity index (χ2v) is 7.80. The van der Waals surface area contributed by atoms with E-state index >= 15 is 0 Å². The van der Waals surface area contributed by atoms with Gasteiger partial charge in [-0.15, -0.1) is 0 Å². The van der Waals surface area contributed by atoms with Crippen molar-refractivity contribution in [2.45, 2.75) is 18.9 Å². The summed E-state index contributed by atoms with van der Waals surface area (Å²) in [4.78, 5) is 5.78. The van der Waals surface area contributed by atoms with Crippen molar-refractivity contribution in [1.82, 2.24) is 9.55 Å². The third kappa shape index (κ3) is 3.82. The van der Waals surface area contributed by atoms with E-state index in [4.69, 9.17) is 9.47 Å². The van der Waals surface area contributed by atoms with Crippen LogP contribution in [0.4, 0.5) is 0 Å². The molecule has 4 rings (SSSR count). The predicted molar refractivity (Wildman–Crippen MR) is 118 cm³/mol. The van der Waals surface area contributed by atoms with Gasteiger partial charge in [-0.25, -0.2) is 4.98 Å². The quantitative estimate of drug-likeness (QED) is 0.474. The van der Waals surface area contributed by atoms with Crippen molar-refractivity contribution >= 4 is 16.6 Å². The number of imidazole rings is 1. The summed E-state index contributed by atoms with van der Waals surface area (Å²) in [7, 11) is 5.15. The Labute approximate surface area is 181 Å². The monoisotopic (exact) mass is 419 g/mol. The second-order valence-electron chi connectivity index (χ2n) is 7.80. The van der Waals surface area contributed by atoms with Gasteiger partial charge >= 0.3 is 0 Å². The number of ether oxygens (including phenoxy) is 2. The molecule has 160 valence electrons. The first-order valence-electron chi connectivity index (χ1n) is 10.4. The van der Waals surface area contributed by atoms with Crippen LogP contribution < -0.4 is 14.4 Å². The van der Waals surface area contributed by atoms with E-state index in [1.807, 2.05) is 54.1 Å². The predicted octanol–water partition coefficient (Wildman–Crippen LogP) is 2.80. The molecular weight excluding hydrogens is 392 g/mol. The van der Waals surface area contributed by atoms with E-state index in [-0.39, 0.29) is 17.4 Å². The van der Waals surface area contributed by atoms with Crippen molar-refractivity contribution in [3.63, 3.8) is 0 Å². The number of aliphatic hydroxyl groups excluding tert-OH is 1. The second kappa shape index (κ2) is 8.70. The SMILES string of the molecule is COc1ccc([C@@H]2CCC[NH+]2C/C(O)=C(\C#N)c2nc3ccccc3n2C)c(OC)c1. The summed E-state index contributed by atoms with van der Waals surface area (Å²) in [5.41, 5.74) is 3.03. The third-order valence-corrected chi connectivity index (χ3v) is 6.11. The van der Waals surface area contributed by atoms with Crippen LogP contribution >= 0.6 is 0 Å². The molecule has 0 bridgehead atoms. The number of fused-ring (bicyclic) bond motifs is 1. The van der Waals surface area contributed by atoms with Crippen LogP contribution in [0, 0.1) is 11.3 Å². The highest BCUT2D eigenvalue weighted by atomic mass is 16.5. The van der Waals surface area contributed by atoms with Gasteiger partial charge in [0.1, 0.15) is 35.7 Å². The summed E-state index contributed by atoms with van der Waals surface area (Å²) in [6.07, 6.45) is 2.02. The van der Waals surface area contributed by atoms with Gasteiger partial charge in [0.15, 0.2) is 11.6 Å². The van der Waals surface area contributed by atoms with Crippen molar-refractivity contribution in [2.24, 2.45) is 7.05 Å². The van der Waals surface area contributed by atoms with Crippen molar-refractivity contribution < 1.29 is 19.5 Å². The van der Waals surface area contributed by atoms with Crippen LogP contribution in [0.2, 0.25) is 0 Å². The number of allylic oxidation sites excluding steroid dienone is 1. The average molecular weight is 420 g/mol. The number of hydrogen-bond acceptors (Lipinski definition) is 5. The largest absolute Gasteiger partial charge is 0.506 e. The molecule has 1 unspecified atom stereocenters. The molecule has 0 radical (unpaired) electrons. The van der Waals surface area contributed by atoms with Gasteiger partial charge in [-0.2, -0.15) is 5.26 Å². The van der Waals surface area contributed by atoms with Gasteiger partial charge in [-0.1, -0.05) is 12.1 Å². The van der Waals surface area contributed by atoms with Gasteiger partial charge in [0.25, 0.3) is 0 Å². The molecule has 2 heterocycles. The van der Waals surface area contributed by atoms with Crippen molar-refractivity contribution in [3.8, 4) is 17.6 Å². The number of likely N-dealkylation sites (tertiary alicyclic amines) is 1. The van der Waals surface area contributed by atoms with Crippen molar-refractivity contribution in [2.75, 3.05) is 27.3 Å². The molecule has 1 saturated heterocycles. The van der Waals surface area contributed by atoms with Gasteiger partial charge < -0.3 is 24.0 Å². The number of benzene rings is 2. The Morgan fingerprint density at radius 2 is 2.06 bits per heavy atom. The Hall–Kier alpha value is -3.50. The van der Waals surface area contributed by atoms with E-state index in [2.05, 4.69) is 11.1 Å². The van der Waals surface area contributed by atoms with Crippen LogP contribution in [0.15, 0.2) is 48.2 Å². The molecule has 1 fully saturated rings. The summed E-state index contributed by atoms with van der Waals surface area (Å²) in [5, 5.41) is 20.8. The highest BCUT2D eigenvalue weighted by Crippen LogP contribution is 2.32. The molecule has 2 atom stereocenters. The van der Waals surface area contributed by atoms with E-state index < -0.39 is 0 Å². The van der Waals surface area contributed by atoms with Gasteiger partial charge in [0, 0.05) is 26.0 Å². The number of aliphatic hydroxyl groups is 1. The number of rotatable bonds is 6. The molecule has 7 nitrogen and oxygen atoms in total. The highest BCUT2D eigenvalue weighted by molar-refractivity contribution is 5.83. The lowest BCUT2D eigenvalue weighted by atomic mass is 10.0. The standard InChI is InChI=1S/C24H26N4O3/c1-27-21-8-5-4-7-19(21)26-24(27)18(14-25)22(29)15-28-12-6-9-20(28)17-11-10-16(30-2)13-23(17)31-3/h4-5,7-8,10-11,13,20,29H,6,9,12,15H2,1-3H3/p+1/b22-18-/t20-/m0/s1. The van der Waals surface area contributed by atoms with E-state index in [0.29, 0.717) is 12.4 Å². The summed E-state index contributed by atoms with van der Waals surface area (Å²) in [5.74, 6) is 2.08. The van der Waals surface area contributed by atoms with Crippen LogP contribution in [0.1, 0.15) is 30.3 Å². The number of nitrogens with zero attached hydrogens (tertiary/aromatic N) is 3. The fraction of sp³-hybridized carbons (Fsp3) is 0.333. The Morgan fingerprint density at radius 1 is 1.26 bits per heavy atom. The van der Waals surface area contributed by atoms with Crippen LogP contribution in [0.5, 0.6) is 11.5 Å². The third-order valence-electron chi connectivity index (χ3n) is 6.11. The normalized spacial score (nSPS) is 19.2. The molecule has 2 N–H and O–H groups in total. The van der Waals surface area contributed by atoms with E-state index in [9.17, 15) is 10.4 Å². The summed E-state index contributed by atoms with van der Waals surface area (Å²) < 4.78 is 12.8. The lowest BCUT2D eigenvalue weighted by Gasteiger charge is -2.23. The fourth-order valence-corrected chi connectivity index (χ4v) is 4.52. The maximum Gasteiger partial charge on any atom is 0.169 e. The molecule has 0 spiro atoms. The van der Waals surface area contributed by atoms with Gasteiger partial charge in [0.2, 0.25) is 0 Å². The number of nitrogens with one attached hydrogen (secondary N) is 1. The Kier molecular flexibility index (Phi) is 5.83. The zero-order valence-electron chi connectivity index (χ0n) is 18.1. The van der Waals surface area contributed by atoms with Crippen LogP contribution in [-0.2, 0) is 7.05 Å². The first-order valence-corrected chi connectivity index (χ1v) is 10.4. The van der Waals surface area contributed by atoms with E-state index in [0.717, 1.165) is 47.5 Å². The minimum Gasteiger partial charge on any atom is -0.506 e. The van der Waals surface area contributed by atoms with Gasteiger partial charge in [-0.05, 0) is 24.3 Å². The summed E-state index contributed by atoms with van der Waals surface area (Å²) in [6, 6.07) is 15.9. The lowest BCUT2D eigenvalue weighted by Crippen LogP contribution is -3.10. The number of nitriles is 1. The fourth-order valence-electron chi connectivity index (χ4n) is 4.52. The van der Waals surface area contributed by atoms with Crippen LogP contribution in [0.25, 0.3) is 16.6 Å². The minimum absolute atomic E-state index is 0.0651. The first kappa shape index (κ1) is 20.8. The topological polar surface area (TPSA) is 84.7 Å². The maximum absolute atomic E-state index is 11.0. The number of quaternary nitrogens is 1. The Morgan fingerprint density at radius 3 is 2.77 bits per heavy atom. The number of aryl methyl sites for hydroxylation is 1. The molecule has 3 aromatic rings. The van der Waals surface area contributed by atoms with Crippen LogP contribution in [0.3, 0.4) is 0 Å². The van der Waals surface area contributed by atoms with E-state index in [1.165, 1.54) is 4.90 Å². The molecule has 0 amide bonds. The van der Waals surface area contributed by atoms with E-state index in [1.54, 1.807) is 14.2 Å². The molecule has 1 aliphatic heterocycles. The van der Waals surface area contributed by atoms with Gasteiger partial charge in [0.05, 0.1) is 37.4 Å². The molecule has 0 saturated carbocycles. The number of para-hydroxylation sites is 2. The molecule has 7 heteroatoms. The molecule has 1 aliphatic rings. The number of aromatic nitrogens is 2. The number of hydrogen-bond donors (Lipinski definition) is 2. The smallest absolute Gasteiger partial charge is 0.169 e. The molecule has 1 aromatic heterocycles. The molecular formula is C24H27N4O3+. The van der Waals surface area contributed by atoms with Gasteiger partial charge in [-0.3, -0.25) is 0 Å². The Balaban J connectivity index is 1.66. The molecule has 31 heavy (non-hydrogen) atoms. The zero-order valence-corrected chi connectivity index (χ0v) is 18.1. The average Bonchev–Trinajstić information content (AvgIpc) is 3.38. The Bertz CT molecular complexity index is 1180. The van der Waals surface area contributed by atoms with Crippen LogP contribution in [-0.4, -0.2) is 42.0 Å². The molecule has 0 aliphatic carbocycles. The summed E-state index contributed by atoms with van der Waals surface area (Å²) >= 11 is 0. The number of methoxy groups -OCH3 is 2. The van der Waals surface area contributed by atoms with Crippen molar-refractivity contribution in [1.29, 1.82) is 5.26 Å². The van der Waals surface area contributed by atoms with Crippen molar-refractivity contribution in [3.05, 3.63) is 59.6 Å². The zero-order chi connectivity index (χ0) is 22.0.